The molecule has 0 aliphatic carbocycles. The summed E-state index contributed by atoms with van der Waals surface area (Å²) in [7, 11) is 0. The van der Waals surface area contributed by atoms with E-state index in [1.165, 1.54) is 36.8 Å². The van der Waals surface area contributed by atoms with Gasteiger partial charge in [0.05, 0.1) is 11.9 Å². The molecule has 0 atom stereocenters. The molecule has 0 aliphatic heterocycles. The van der Waals surface area contributed by atoms with Crippen LogP contribution in [-0.2, 0) is 6.18 Å². The molecule has 4 aromatic heterocycles. The van der Waals surface area contributed by atoms with E-state index in [1.54, 1.807) is 12.1 Å². The molecule has 4 heterocycles. The van der Waals surface area contributed by atoms with E-state index in [1.807, 2.05) is 0 Å². The minimum absolute atomic E-state index is 0.0170. The van der Waals surface area contributed by atoms with Crippen molar-refractivity contribution in [1.29, 1.82) is 0 Å². The van der Waals surface area contributed by atoms with Crippen molar-refractivity contribution in [2.24, 2.45) is 0 Å². The van der Waals surface area contributed by atoms with E-state index in [9.17, 15) is 18.0 Å². The Balaban J connectivity index is 1.65. The topological polar surface area (TPSA) is 112 Å². The Morgan fingerprint density at radius 1 is 1.10 bits per heavy atom. The van der Waals surface area contributed by atoms with E-state index in [4.69, 9.17) is 4.52 Å². The van der Waals surface area contributed by atoms with Crippen LogP contribution in [0.25, 0.3) is 17.1 Å². The Kier molecular flexibility index (Phi) is 4.50. The number of pyridine rings is 1. The van der Waals surface area contributed by atoms with Crippen LogP contribution in [-0.4, -0.2) is 36.0 Å². The highest BCUT2D eigenvalue weighted by atomic mass is 19.4. The lowest BCUT2D eigenvalue weighted by Gasteiger charge is -2.09. The number of amides is 1. The van der Waals surface area contributed by atoms with Gasteiger partial charge in [0.25, 0.3) is 5.91 Å². The van der Waals surface area contributed by atoms with Crippen molar-refractivity contribution >= 4 is 11.7 Å². The number of alkyl halides is 3. The minimum Gasteiger partial charge on any atom is -0.351 e. The highest BCUT2D eigenvalue weighted by molar-refractivity contribution is 6.01. The Bertz CT molecular complexity index is 1120. The van der Waals surface area contributed by atoms with Crippen molar-refractivity contribution in [2.75, 3.05) is 5.32 Å². The predicted molar refractivity (Wildman–Crippen MR) is 91.8 cm³/mol. The fourth-order valence-corrected chi connectivity index (χ4v) is 2.43. The number of hydrogen-bond acceptors (Lipinski definition) is 7. The molecule has 0 saturated heterocycles. The lowest BCUT2D eigenvalue weighted by Crippen LogP contribution is -2.16. The van der Waals surface area contributed by atoms with Crippen molar-refractivity contribution in [3.8, 4) is 17.1 Å². The number of rotatable bonds is 4. The van der Waals surface area contributed by atoms with E-state index in [0.29, 0.717) is 10.2 Å². The van der Waals surface area contributed by atoms with Gasteiger partial charge in [0, 0.05) is 24.0 Å². The predicted octanol–water partition coefficient (Wildman–Crippen LogP) is 2.98. The van der Waals surface area contributed by atoms with E-state index < -0.39 is 17.8 Å². The van der Waals surface area contributed by atoms with Gasteiger partial charge in [-0.15, -0.1) is 10.2 Å². The van der Waals surface area contributed by atoms with Crippen LogP contribution < -0.4 is 5.32 Å². The smallest absolute Gasteiger partial charge is 0.351 e. The number of nitrogens with one attached hydrogen (secondary N) is 1. The fourth-order valence-electron chi connectivity index (χ4n) is 2.43. The first-order valence-corrected chi connectivity index (χ1v) is 8.05. The molecule has 0 saturated carbocycles. The molecular formula is C17H10F3N7O2. The largest absolute Gasteiger partial charge is 0.433 e. The summed E-state index contributed by atoms with van der Waals surface area (Å²) in [5.41, 5.74) is -0.528. The number of carbonyl (C=O) groups is 1. The highest BCUT2D eigenvalue weighted by Gasteiger charge is 2.37. The molecule has 0 radical (unpaired) electrons. The van der Waals surface area contributed by atoms with Crippen molar-refractivity contribution < 1.29 is 22.5 Å². The molecule has 0 bridgehead atoms. The molecule has 1 amide bonds. The maximum Gasteiger partial charge on any atom is 0.433 e. The van der Waals surface area contributed by atoms with Crippen LogP contribution in [0.3, 0.4) is 0 Å². The van der Waals surface area contributed by atoms with Crippen LogP contribution >= 0.6 is 0 Å². The monoisotopic (exact) mass is 401 g/mol. The molecule has 0 unspecified atom stereocenters. The van der Waals surface area contributed by atoms with Gasteiger partial charge in [-0.25, -0.2) is 4.68 Å². The second-order valence-electron chi connectivity index (χ2n) is 5.67. The molecule has 0 aromatic carbocycles. The summed E-state index contributed by atoms with van der Waals surface area (Å²) in [5.74, 6) is -0.838. The number of halogens is 3. The lowest BCUT2D eigenvalue weighted by atomic mass is 10.2. The highest BCUT2D eigenvalue weighted by Crippen LogP contribution is 2.33. The average molecular weight is 401 g/mol. The first kappa shape index (κ1) is 18.3. The quantitative estimate of drug-likeness (QED) is 0.559. The molecule has 1 N–H and O–H groups in total. The zero-order chi connectivity index (χ0) is 20.4. The van der Waals surface area contributed by atoms with Gasteiger partial charge in [-0.05, 0) is 30.3 Å². The summed E-state index contributed by atoms with van der Waals surface area (Å²) in [6, 6.07) is 7.97. The SMILES string of the molecule is O=C(Nc1ccc(-n2nc(-c3cccnc3)cc2C(F)(F)F)nn1)c1ccno1. The minimum atomic E-state index is -4.67. The summed E-state index contributed by atoms with van der Waals surface area (Å²) < 4.78 is 45.8. The van der Waals surface area contributed by atoms with Crippen LogP contribution in [0.1, 0.15) is 16.2 Å². The fraction of sp³-hybridized carbons (Fsp3) is 0.0588. The molecular weight excluding hydrogens is 391 g/mol. The third kappa shape index (κ3) is 3.81. The Morgan fingerprint density at radius 3 is 2.59 bits per heavy atom. The van der Waals surface area contributed by atoms with E-state index in [-0.39, 0.29) is 23.1 Å². The Labute approximate surface area is 160 Å². The van der Waals surface area contributed by atoms with Gasteiger partial charge >= 0.3 is 6.18 Å². The number of nitrogens with zero attached hydrogens (tertiary/aromatic N) is 6. The van der Waals surface area contributed by atoms with Gasteiger partial charge in [0.1, 0.15) is 0 Å². The van der Waals surface area contributed by atoms with Gasteiger partial charge in [0.2, 0.25) is 5.76 Å². The lowest BCUT2D eigenvalue weighted by molar-refractivity contribution is -0.142. The van der Waals surface area contributed by atoms with Crippen LogP contribution in [0.2, 0.25) is 0 Å². The molecule has 146 valence electrons. The third-order valence-corrected chi connectivity index (χ3v) is 3.73. The van der Waals surface area contributed by atoms with Crippen LogP contribution in [0.15, 0.2) is 59.5 Å². The van der Waals surface area contributed by atoms with Crippen molar-refractivity contribution in [2.45, 2.75) is 6.18 Å². The van der Waals surface area contributed by atoms with Crippen LogP contribution in [0.5, 0.6) is 0 Å². The normalized spacial score (nSPS) is 11.4. The second kappa shape index (κ2) is 7.14. The van der Waals surface area contributed by atoms with Crippen molar-refractivity contribution in [3.63, 3.8) is 0 Å². The zero-order valence-corrected chi connectivity index (χ0v) is 14.3. The molecule has 0 fully saturated rings. The summed E-state index contributed by atoms with van der Waals surface area (Å²) in [6.45, 7) is 0. The molecule has 9 nitrogen and oxygen atoms in total. The average Bonchev–Trinajstić information content (AvgIpc) is 3.39. The van der Waals surface area contributed by atoms with Crippen molar-refractivity contribution in [3.05, 3.63) is 66.4 Å². The number of carbonyl (C=O) groups excluding carboxylic acids is 1. The van der Waals surface area contributed by atoms with Gasteiger partial charge in [-0.3, -0.25) is 9.78 Å². The Morgan fingerprint density at radius 2 is 1.97 bits per heavy atom. The first-order chi connectivity index (χ1) is 13.9. The van der Waals surface area contributed by atoms with Gasteiger partial charge in [-0.1, -0.05) is 5.16 Å². The van der Waals surface area contributed by atoms with Gasteiger partial charge in [0.15, 0.2) is 17.3 Å². The summed E-state index contributed by atoms with van der Waals surface area (Å²) >= 11 is 0. The number of anilines is 1. The first-order valence-electron chi connectivity index (χ1n) is 8.05. The van der Waals surface area contributed by atoms with Crippen molar-refractivity contribution in [1.82, 2.24) is 30.1 Å². The number of aromatic nitrogens is 6. The van der Waals surface area contributed by atoms with Gasteiger partial charge in [-0.2, -0.15) is 18.3 Å². The molecule has 0 aliphatic rings. The molecule has 0 spiro atoms. The summed E-state index contributed by atoms with van der Waals surface area (Å²) in [4.78, 5) is 15.8. The third-order valence-electron chi connectivity index (χ3n) is 3.73. The summed E-state index contributed by atoms with van der Waals surface area (Å²) in [6.07, 6.45) is -0.475. The standard InChI is InChI=1S/C17H10F3N7O2/c18-17(19,20)13-8-11(10-2-1-6-21-9-10)26-27(13)15-4-3-14(24-25-15)23-16(28)12-5-7-22-29-12/h1-9H,(H,23,24,28). The second-order valence-corrected chi connectivity index (χ2v) is 5.67. The van der Waals surface area contributed by atoms with Crippen LogP contribution in [0, 0.1) is 0 Å². The molecule has 12 heteroatoms. The van der Waals surface area contributed by atoms with Gasteiger partial charge < -0.3 is 9.84 Å². The van der Waals surface area contributed by atoms with E-state index >= 15 is 0 Å². The maximum atomic E-state index is 13.5. The maximum absolute atomic E-state index is 13.5. The Hall–Kier alpha value is -4.09. The summed E-state index contributed by atoms with van der Waals surface area (Å²) in [5, 5.41) is 17.3. The number of hydrogen-bond donors (Lipinski definition) is 1. The molecule has 29 heavy (non-hydrogen) atoms. The molecule has 4 rings (SSSR count). The van der Waals surface area contributed by atoms with E-state index in [2.05, 4.69) is 30.8 Å². The van der Waals surface area contributed by atoms with Crippen LogP contribution in [0.4, 0.5) is 19.0 Å². The molecule has 4 aromatic rings. The zero-order valence-electron chi connectivity index (χ0n) is 14.3. The van der Waals surface area contributed by atoms with E-state index in [0.717, 1.165) is 6.07 Å².